The minimum absolute atomic E-state index is 0.0599. The van der Waals surface area contributed by atoms with E-state index >= 15 is 0 Å². The van der Waals surface area contributed by atoms with E-state index in [0.29, 0.717) is 32.5 Å². The van der Waals surface area contributed by atoms with Gasteiger partial charge in [0.15, 0.2) is 0 Å². The Labute approximate surface area is 208 Å². The first kappa shape index (κ1) is 24.6. The van der Waals surface area contributed by atoms with Gasteiger partial charge in [-0.15, -0.1) is 0 Å². The van der Waals surface area contributed by atoms with Crippen LogP contribution < -0.4 is 21.2 Å². The molecule has 6 heteroatoms. The zero-order valence-corrected chi connectivity index (χ0v) is 20.7. The SMILES string of the molecule is N#CCC(=O)N1CCC(C(=O)NCC[P+](c2ccccc2)(c2ccccc2)c2ccccc2)CC1. The highest BCUT2D eigenvalue weighted by Crippen LogP contribution is 2.54. The summed E-state index contributed by atoms with van der Waals surface area (Å²) in [4.78, 5) is 26.7. The van der Waals surface area contributed by atoms with Crippen LogP contribution in [-0.2, 0) is 9.59 Å². The lowest BCUT2D eigenvalue weighted by atomic mass is 9.96. The molecular weight excluding hydrogens is 453 g/mol. The molecule has 178 valence electrons. The summed E-state index contributed by atoms with van der Waals surface area (Å²) in [7, 11) is -1.98. The zero-order chi connectivity index (χ0) is 24.5. The number of rotatable bonds is 8. The van der Waals surface area contributed by atoms with Crippen LogP contribution in [0.2, 0.25) is 0 Å². The van der Waals surface area contributed by atoms with Crippen molar-refractivity contribution in [1.82, 2.24) is 10.2 Å². The summed E-state index contributed by atoms with van der Waals surface area (Å²) in [5.74, 6) is -0.182. The summed E-state index contributed by atoms with van der Waals surface area (Å²) in [6.07, 6.45) is 2.01. The first-order valence-electron chi connectivity index (χ1n) is 12.1. The molecule has 4 rings (SSSR count). The van der Waals surface area contributed by atoms with Gasteiger partial charge in [-0.05, 0) is 49.2 Å². The standard InChI is InChI=1S/C29H30N3O2P/c30-19-16-28(33)32-21-17-24(18-22-32)29(34)31-20-23-35(25-10-4-1-5-11-25,26-12-6-2-7-13-26)27-14-8-3-9-15-27/h1-15,24H,16-18,20-23H2/p+1. The third-order valence-corrected chi connectivity index (χ3v) is 11.2. The number of carbonyl (C=O) groups is 2. The molecule has 2 amide bonds. The molecule has 1 fully saturated rings. The Morgan fingerprint density at radius 3 is 1.71 bits per heavy atom. The topological polar surface area (TPSA) is 73.2 Å². The van der Waals surface area contributed by atoms with E-state index in [1.54, 1.807) is 4.90 Å². The van der Waals surface area contributed by atoms with Crippen molar-refractivity contribution in [1.29, 1.82) is 5.26 Å². The van der Waals surface area contributed by atoms with E-state index in [4.69, 9.17) is 5.26 Å². The highest BCUT2D eigenvalue weighted by molar-refractivity contribution is 7.95. The van der Waals surface area contributed by atoms with Crippen molar-refractivity contribution in [2.24, 2.45) is 5.92 Å². The van der Waals surface area contributed by atoms with Crippen LogP contribution in [-0.4, -0.2) is 42.5 Å². The summed E-state index contributed by atoms with van der Waals surface area (Å²) < 4.78 is 0. The maximum absolute atomic E-state index is 13.0. The minimum Gasteiger partial charge on any atom is -0.352 e. The van der Waals surface area contributed by atoms with Gasteiger partial charge in [-0.25, -0.2) is 0 Å². The number of hydrogen-bond donors (Lipinski definition) is 1. The Balaban J connectivity index is 1.52. The van der Waals surface area contributed by atoms with Crippen molar-refractivity contribution in [3.8, 4) is 6.07 Å². The first-order valence-corrected chi connectivity index (χ1v) is 14.1. The Hall–Kier alpha value is -3.48. The fourth-order valence-corrected chi connectivity index (χ4v) is 9.10. The molecule has 1 heterocycles. The summed E-state index contributed by atoms with van der Waals surface area (Å²) in [6.45, 7) is 1.65. The lowest BCUT2D eigenvalue weighted by Gasteiger charge is -2.31. The van der Waals surface area contributed by atoms with Crippen molar-refractivity contribution in [2.45, 2.75) is 19.3 Å². The zero-order valence-electron chi connectivity index (χ0n) is 19.8. The Morgan fingerprint density at radius 1 is 0.829 bits per heavy atom. The molecule has 0 radical (unpaired) electrons. The van der Waals surface area contributed by atoms with Crippen molar-refractivity contribution >= 4 is 35.0 Å². The molecule has 0 spiro atoms. The molecule has 0 unspecified atom stereocenters. The average Bonchev–Trinajstić information content (AvgIpc) is 2.93. The molecule has 35 heavy (non-hydrogen) atoms. The third kappa shape index (κ3) is 5.61. The molecule has 0 aromatic heterocycles. The summed E-state index contributed by atoms with van der Waals surface area (Å²) in [5.41, 5.74) is 0. The van der Waals surface area contributed by atoms with Gasteiger partial charge in [0.2, 0.25) is 11.8 Å². The molecule has 3 aromatic rings. The Bertz CT molecular complexity index is 1060. The number of carbonyl (C=O) groups excluding carboxylic acids is 2. The number of piperidine rings is 1. The van der Waals surface area contributed by atoms with Crippen LogP contribution >= 0.6 is 7.26 Å². The maximum atomic E-state index is 13.0. The molecule has 3 aromatic carbocycles. The van der Waals surface area contributed by atoms with Gasteiger partial charge in [-0.2, -0.15) is 5.26 Å². The van der Waals surface area contributed by atoms with E-state index in [1.807, 2.05) is 24.3 Å². The number of benzene rings is 3. The molecule has 0 saturated carbocycles. The number of nitrogens with zero attached hydrogens (tertiary/aromatic N) is 2. The van der Waals surface area contributed by atoms with Gasteiger partial charge in [0.25, 0.3) is 0 Å². The summed E-state index contributed by atoms with van der Waals surface area (Å²) in [6, 6.07) is 33.9. The van der Waals surface area contributed by atoms with Gasteiger partial charge in [0, 0.05) is 19.0 Å². The Kier molecular flexibility index (Phi) is 8.29. The van der Waals surface area contributed by atoms with Crippen molar-refractivity contribution < 1.29 is 9.59 Å². The second-order valence-corrected chi connectivity index (χ2v) is 12.4. The first-order chi connectivity index (χ1) is 17.1. The van der Waals surface area contributed by atoms with Crippen molar-refractivity contribution in [3.63, 3.8) is 0 Å². The van der Waals surface area contributed by atoms with Gasteiger partial charge < -0.3 is 10.2 Å². The predicted octanol–water partition coefficient (Wildman–Crippen LogP) is 3.25. The smallest absolute Gasteiger partial charge is 0.236 e. The van der Waals surface area contributed by atoms with E-state index in [-0.39, 0.29) is 24.2 Å². The number of likely N-dealkylation sites (tertiary alicyclic amines) is 1. The average molecular weight is 485 g/mol. The van der Waals surface area contributed by atoms with Gasteiger partial charge in [-0.1, -0.05) is 54.6 Å². The molecule has 5 nitrogen and oxygen atoms in total. The summed E-state index contributed by atoms with van der Waals surface area (Å²) >= 11 is 0. The van der Waals surface area contributed by atoms with Crippen molar-refractivity contribution in [3.05, 3.63) is 91.0 Å². The third-order valence-electron chi connectivity index (χ3n) is 6.79. The fourth-order valence-electron chi connectivity index (χ4n) is 4.94. The molecule has 1 aliphatic rings. The van der Waals surface area contributed by atoms with Gasteiger partial charge in [0.1, 0.15) is 29.6 Å². The second-order valence-electron chi connectivity index (χ2n) is 8.82. The molecular formula is C29H31N3O2P+. The largest absolute Gasteiger partial charge is 0.352 e. The lowest BCUT2D eigenvalue weighted by Crippen LogP contribution is -2.44. The minimum atomic E-state index is -1.98. The molecule has 1 N–H and O–H groups in total. The van der Waals surface area contributed by atoms with Crippen LogP contribution in [0.15, 0.2) is 91.0 Å². The monoisotopic (exact) mass is 484 g/mol. The van der Waals surface area contributed by atoms with E-state index in [0.717, 1.165) is 6.16 Å². The molecule has 0 aliphatic carbocycles. The number of nitrogens with one attached hydrogen (secondary N) is 1. The normalized spacial score (nSPS) is 14.2. The lowest BCUT2D eigenvalue weighted by molar-refractivity contribution is -0.134. The van der Waals surface area contributed by atoms with E-state index in [1.165, 1.54) is 15.9 Å². The fraction of sp³-hybridized carbons (Fsp3) is 0.276. The molecule has 0 bridgehead atoms. The predicted molar refractivity (Wildman–Crippen MR) is 143 cm³/mol. The maximum Gasteiger partial charge on any atom is 0.236 e. The van der Waals surface area contributed by atoms with Crippen LogP contribution in [0.5, 0.6) is 0 Å². The number of nitriles is 1. The highest BCUT2D eigenvalue weighted by Gasteiger charge is 2.44. The number of hydrogen-bond acceptors (Lipinski definition) is 3. The van der Waals surface area contributed by atoms with Crippen LogP contribution in [0, 0.1) is 17.2 Å². The van der Waals surface area contributed by atoms with E-state index in [2.05, 4.69) is 78.1 Å². The van der Waals surface area contributed by atoms with Crippen LogP contribution in [0.1, 0.15) is 19.3 Å². The van der Waals surface area contributed by atoms with Crippen LogP contribution in [0.4, 0.5) is 0 Å². The van der Waals surface area contributed by atoms with Crippen LogP contribution in [0.3, 0.4) is 0 Å². The van der Waals surface area contributed by atoms with E-state index in [9.17, 15) is 9.59 Å². The second kappa shape index (κ2) is 11.8. The van der Waals surface area contributed by atoms with E-state index < -0.39 is 7.26 Å². The number of amides is 2. The van der Waals surface area contributed by atoms with Crippen molar-refractivity contribution in [2.75, 3.05) is 25.8 Å². The van der Waals surface area contributed by atoms with Gasteiger partial charge in [0.05, 0.1) is 18.8 Å². The van der Waals surface area contributed by atoms with Gasteiger partial charge >= 0.3 is 0 Å². The Morgan fingerprint density at radius 2 is 1.29 bits per heavy atom. The molecule has 1 saturated heterocycles. The molecule has 1 aliphatic heterocycles. The quantitative estimate of drug-likeness (QED) is 0.499. The van der Waals surface area contributed by atoms with Crippen LogP contribution in [0.25, 0.3) is 0 Å². The highest BCUT2D eigenvalue weighted by atomic mass is 31.2. The van der Waals surface area contributed by atoms with Gasteiger partial charge in [-0.3, -0.25) is 9.59 Å². The molecule has 0 atom stereocenters. The summed E-state index contributed by atoms with van der Waals surface area (Å²) in [5, 5.41) is 15.9.